The van der Waals surface area contributed by atoms with E-state index in [1.54, 1.807) is 0 Å². The van der Waals surface area contributed by atoms with E-state index in [1.165, 1.54) is 6.42 Å². The third-order valence-corrected chi connectivity index (χ3v) is 1.54. The van der Waals surface area contributed by atoms with E-state index >= 15 is 0 Å². The van der Waals surface area contributed by atoms with Gasteiger partial charge in [0.1, 0.15) is 10.5 Å². The Balaban J connectivity index is 2.94. The number of allylic oxidation sites excluding steroid dienone is 2. The van der Waals surface area contributed by atoms with Gasteiger partial charge in [0.2, 0.25) is 0 Å². The second-order valence-electron chi connectivity index (χ2n) is 2.15. The fourth-order valence-corrected chi connectivity index (χ4v) is 0.855. The van der Waals surface area contributed by atoms with Crippen LogP contribution in [0.25, 0.3) is 0 Å². The van der Waals surface area contributed by atoms with E-state index in [-0.39, 0.29) is 0 Å². The van der Waals surface area contributed by atoms with Crippen molar-refractivity contribution in [3.63, 3.8) is 0 Å². The molecule has 0 fully saturated rings. The van der Waals surface area contributed by atoms with E-state index in [2.05, 4.69) is 18.7 Å². The first-order chi connectivity index (χ1) is 4.91. The van der Waals surface area contributed by atoms with Crippen LogP contribution < -0.4 is 0 Å². The Morgan fingerprint density at radius 2 is 2.10 bits per heavy atom. The van der Waals surface area contributed by atoms with Crippen LogP contribution in [0.3, 0.4) is 0 Å². The second-order valence-corrected chi connectivity index (χ2v) is 2.72. The first-order valence-electron chi connectivity index (χ1n) is 3.66. The summed E-state index contributed by atoms with van der Waals surface area (Å²) in [4.78, 5) is 0. The molecule has 0 saturated carbocycles. The lowest BCUT2D eigenvalue weighted by Crippen LogP contribution is -1.81. The molecule has 0 bridgehead atoms. The van der Waals surface area contributed by atoms with Crippen LogP contribution in [-0.4, -0.2) is 17.1 Å². The summed E-state index contributed by atoms with van der Waals surface area (Å²) in [6.07, 6.45) is 9.68. The standard InChI is InChI=1S/C8H16OSi/c1-2-3-4-5-6-7-8-9-10/h2,6-7H,1,3-5,8H2,10H3. The summed E-state index contributed by atoms with van der Waals surface area (Å²) in [6, 6.07) is 0. The molecule has 1 nitrogen and oxygen atoms in total. The maximum absolute atomic E-state index is 4.98. The van der Waals surface area contributed by atoms with Crippen molar-refractivity contribution in [2.24, 2.45) is 0 Å². The fourth-order valence-electron chi connectivity index (χ4n) is 0.662. The molecule has 0 aliphatic heterocycles. The minimum absolute atomic E-state index is 0.792. The zero-order valence-electron chi connectivity index (χ0n) is 6.68. The van der Waals surface area contributed by atoms with Gasteiger partial charge in [-0.3, -0.25) is 0 Å². The highest BCUT2D eigenvalue weighted by atomic mass is 28.2. The lowest BCUT2D eigenvalue weighted by molar-refractivity contribution is 0.401. The minimum Gasteiger partial charge on any atom is -0.424 e. The third kappa shape index (κ3) is 7.66. The predicted octanol–water partition coefficient (Wildman–Crippen LogP) is 1.20. The third-order valence-electron chi connectivity index (χ3n) is 1.21. The van der Waals surface area contributed by atoms with Gasteiger partial charge in [0.05, 0.1) is 6.61 Å². The molecule has 0 aromatic carbocycles. The van der Waals surface area contributed by atoms with Gasteiger partial charge in [-0.05, 0) is 19.3 Å². The van der Waals surface area contributed by atoms with Crippen molar-refractivity contribution in [1.82, 2.24) is 0 Å². The normalized spacial score (nSPS) is 10.8. The maximum Gasteiger partial charge on any atom is 0.146 e. The highest BCUT2D eigenvalue weighted by Gasteiger charge is 1.77. The molecule has 0 aliphatic rings. The molecule has 0 saturated heterocycles. The molecule has 0 aromatic rings. The average molecular weight is 156 g/mol. The zero-order chi connectivity index (χ0) is 7.66. The Morgan fingerprint density at radius 3 is 2.70 bits per heavy atom. The molecule has 0 unspecified atom stereocenters. The Bertz CT molecular complexity index is 99.4. The lowest BCUT2D eigenvalue weighted by atomic mass is 10.2. The zero-order valence-corrected chi connectivity index (χ0v) is 8.68. The van der Waals surface area contributed by atoms with Gasteiger partial charge in [0.25, 0.3) is 0 Å². The van der Waals surface area contributed by atoms with Crippen molar-refractivity contribution in [3.05, 3.63) is 24.8 Å². The Hall–Kier alpha value is -0.343. The van der Waals surface area contributed by atoms with Gasteiger partial charge in [0, 0.05) is 0 Å². The monoisotopic (exact) mass is 156 g/mol. The average Bonchev–Trinajstić information content (AvgIpc) is 1.97. The van der Waals surface area contributed by atoms with E-state index in [1.807, 2.05) is 6.08 Å². The van der Waals surface area contributed by atoms with E-state index in [9.17, 15) is 0 Å². The molecule has 10 heavy (non-hydrogen) atoms. The van der Waals surface area contributed by atoms with Crippen LogP contribution in [0.5, 0.6) is 0 Å². The van der Waals surface area contributed by atoms with Gasteiger partial charge in [-0.15, -0.1) is 6.58 Å². The number of unbranched alkanes of at least 4 members (excludes halogenated alkanes) is 2. The molecule has 0 aliphatic carbocycles. The molecular formula is C8H16OSi. The summed E-state index contributed by atoms with van der Waals surface area (Å²) in [5.41, 5.74) is 0. The largest absolute Gasteiger partial charge is 0.424 e. The van der Waals surface area contributed by atoms with Gasteiger partial charge < -0.3 is 4.43 Å². The number of hydrogen-bond acceptors (Lipinski definition) is 1. The highest BCUT2D eigenvalue weighted by Crippen LogP contribution is 1.96. The second kappa shape index (κ2) is 8.66. The van der Waals surface area contributed by atoms with Gasteiger partial charge in [-0.1, -0.05) is 18.2 Å². The van der Waals surface area contributed by atoms with Crippen molar-refractivity contribution in [2.45, 2.75) is 19.3 Å². The summed E-state index contributed by atoms with van der Waals surface area (Å²) < 4.78 is 4.98. The Morgan fingerprint density at radius 1 is 1.30 bits per heavy atom. The van der Waals surface area contributed by atoms with Gasteiger partial charge in [-0.2, -0.15) is 0 Å². The Kier molecular flexibility index (Phi) is 8.36. The topological polar surface area (TPSA) is 9.23 Å². The molecule has 0 heterocycles. The van der Waals surface area contributed by atoms with Crippen LogP contribution in [0.1, 0.15) is 19.3 Å². The van der Waals surface area contributed by atoms with Crippen LogP contribution in [0.15, 0.2) is 24.8 Å². The molecule has 0 atom stereocenters. The van der Waals surface area contributed by atoms with Crippen molar-refractivity contribution in [3.8, 4) is 0 Å². The van der Waals surface area contributed by atoms with Gasteiger partial charge in [0.15, 0.2) is 0 Å². The lowest BCUT2D eigenvalue weighted by Gasteiger charge is -1.89. The number of hydrogen-bond donors (Lipinski definition) is 0. The number of rotatable bonds is 6. The fraction of sp³-hybridized carbons (Fsp3) is 0.500. The molecule has 0 spiro atoms. The summed E-state index contributed by atoms with van der Waals surface area (Å²) in [6.45, 7) is 4.44. The first-order valence-corrected chi connectivity index (χ1v) is 4.48. The van der Waals surface area contributed by atoms with Gasteiger partial charge in [-0.25, -0.2) is 0 Å². The smallest absolute Gasteiger partial charge is 0.146 e. The van der Waals surface area contributed by atoms with Crippen LogP contribution in [0.4, 0.5) is 0 Å². The SMILES string of the molecule is C=CCCCC=CCO[SiH3]. The van der Waals surface area contributed by atoms with Crippen LogP contribution in [0.2, 0.25) is 0 Å². The highest BCUT2D eigenvalue weighted by molar-refractivity contribution is 5.98. The minimum atomic E-state index is 0.792. The van der Waals surface area contributed by atoms with Crippen LogP contribution in [-0.2, 0) is 4.43 Å². The molecular weight excluding hydrogens is 140 g/mol. The summed E-state index contributed by atoms with van der Waals surface area (Å²) >= 11 is 0. The quantitative estimate of drug-likeness (QED) is 0.319. The molecule has 0 rings (SSSR count). The molecule has 58 valence electrons. The Labute approximate surface area is 66.3 Å². The molecule has 0 amide bonds. The van der Waals surface area contributed by atoms with Crippen molar-refractivity contribution in [2.75, 3.05) is 6.61 Å². The van der Waals surface area contributed by atoms with Gasteiger partial charge >= 0.3 is 0 Å². The van der Waals surface area contributed by atoms with Crippen molar-refractivity contribution in [1.29, 1.82) is 0 Å². The van der Waals surface area contributed by atoms with E-state index in [4.69, 9.17) is 4.43 Å². The summed E-state index contributed by atoms with van der Waals surface area (Å²) in [7, 11) is 0.841. The van der Waals surface area contributed by atoms with Crippen molar-refractivity contribution < 1.29 is 4.43 Å². The molecule has 0 radical (unpaired) electrons. The maximum atomic E-state index is 4.98. The summed E-state index contributed by atoms with van der Waals surface area (Å²) in [5.74, 6) is 0. The summed E-state index contributed by atoms with van der Waals surface area (Å²) in [5, 5.41) is 0. The molecule has 0 aromatic heterocycles. The van der Waals surface area contributed by atoms with Crippen LogP contribution >= 0.6 is 0 Å². The van der Waals surface area contributed by atoms with E-state index < -0.39 is 0 Å². The van der Waals surface area contributed by atoms with Crippen LogP contribution in [0, 0.1) is 0 Å². The predicted molar refractivity (Wildman–Crippen MR) is 49.1 cm³/mol. The van der Waals surface area contributed by atoms with E-state index in [0.717, 1.165) is 29.9 Å². The van der Waals surface area contributed by atoms with E-state index in [0.29, 0.717) is 0 Å². The first kappa shape index (κ1) is 9.66. The molecule has 0 N–H and O–H groups in total. The van der Waals surface area contributed by atoms with Crippen molar-refractivity contribution >= 4 is 10.5 Å². The molecule has 2 heteroatoms.